The van der Waals surface area contributed by atoms with Gasteiger partial charge in [-0.2, -0.15) is 4.31 Å². The van der Waals surface area contributed by atoms with Crippen molar-refractivity contribution in [2.75, 3.05) is 13.1 Å². The number of aromatic carboxylic acids is 1. The van der Waals surface area contributed by atoms with Crippen LogP contribution in [-0.2, 0) is 10.0 Å². The molecule has 0 radical (unpaired) electrons. The topological polar surface area (TPSA) is 74.7 Å². The van der Waals surface area contributed by atoms with E-state index in [2.05, 4.69) is 29.1 Å². The molecule has 1 N–H and O–H groups in total. The summed E-state index contributed by atoms with van der Waals surface area (Å²) in [5, 5.41) is 8.87. The van der Waals surface area contributed by atoms with E-state index in [1.807, 2.05) is 0 Å². The summed E-state index contributed by atoms with van der Waals surface area (Å²) in [6.45, 7) is 7.32. The van der Waals surface area contributed by atoms with Crippen molar-refractivity contribution in [3.8, 4) is 0 Å². The molecule has 1 aromatic rings. The molecule has 1 aromatic carbocycles. The van der Waals surface area contributed by atoms with Crippen molar-refractivity contribution in [1.29, 1.82) is 0 Å². The van der Waals surface area contributed by atoms with Gasteiger partial charge in [-0.3, -0.25) is 0 Å². The van der Waals surface area contributed by atoms with Crippen LogP contribution in [0.4, 0.5) is 0 Å². The number of benzene rings is 1. The first kappa shape index (κ1) is 16.6. The van der Waals surface area contributed by atoms with E-state index in [1.165, 1.54) is 34.7 Å². The minimum Gasteiger partial charge on any atom is -0.478 e. The lowest BCUT2D eigenvalue weighted by Gasteiger charge is -2.19. The first-order chi connectivity index (χ1) is 9.34. The Labute approximate surface area is 126 Å². The fourth-order valence-electron chi connectivity index (χ4n) is 1.54. The first-order valence-electron chi connectivity index (χ1n) is 5.59. The second-order valence-electron chi connectivity index (χ2n) is 3.85. The predicted molar refractivity (Wildman–Crippen MR) is 80.3 cm³/mol. The Balaban J connectivity index is 3.30. The molecule has 0 aliphatic carbocycles. The smallest absolute Gasteiger partial charge is 0.335 e. The van der Waals surface area contributed by atoms with E-state index < -0.39 is 16.0 Å². The van der Waals surface area contributed by atoms with E-state index in [1.54, 1.807) is 0 Å². The molecule has 0 saturated carbocycles. The number of rotatable bonds is 7. The molecule has 7 heteroatoms. The number of halogens is 1. The zero-order valence-corrected chi connectivity index (χ0v) is 13.0. The van der Waals surface area contributed by atoms with E-state index in [4.69, 9.17) is 5.11 Å². The number of sulfonamides is 1. The van der Waals surface area contributed by atoms with Gasteiger partial charge in [-0.1, -0.05) is 12.2 Å². The molecule has 0 heterocycles. The molecule has 0 fully saturated rings. The largest absolute Gasteiger partial charge is 0.478 e. The van der Waals surface area contributed by atoms with Crippen LogP contribution in [-0.4, -0.2) is 36.9 Å². The van der Waals surface area contributed by atoms with Crippen LogP contribution in [0.25, 0.3) is 0 Å². The van der Waals surface area contributed by atoms with Gasteiger partial charge in [-0.15, -0.1) is 13.2 Å². The minimum atomic E-state index is -3.75. The summed E-state index contributed by atoms with van der Waals surface area (Å²) in [5.74, 6) is -1.12. The third-order valence-electron chi connectivity index (χ3n) is 2.46. The van der Waals surface area contributed by atoms with Crippen LogP contribution in [0, 0.1) is 0 Å². The molecule has 0 atom stereocenters. The number of nitrogens with zero attached hydrogens (tertiary/aromatic N) is 1. The molecule has 0 aliphatic heterocycles. The summed E-state index contributed by atoms with van der Waals surface area (Å²) in [5.41, 5.74) is 0.00909. The fraction of sp³-hybridized carbons (Fsp3) is 0.154. The molecule has 20 heavy (non-hydrogen) atoms. The monoisotopic (exact) mass is 359 g/mol. The Hall–Kier alpha value is -1.44. The van der Waals surface area contributed by atoms with E-state index in [0.717, 1.165) is 0 Å². The van der Waals surface area contributed by atoms with Crippen molar-refractivity contribution in [2.24, 2.45) is 0 Å². The van der Waals surface area contributed by atoms with Crippen LogP contribution < -0.4 is 0 Å². The number of hydrogen-bond acceptors (Lipinski definition) is 3. The highest BCUT2D eigenvalue weighted by Gasteiger charge is 2.25. The lowest BCUT2D eigenvalue weighted by molar-refractivity contribution is 0.0696. The number of carboxylic acid groups (broad SMARTS) is 1. The predicted octanol–water partition coefficient (Wildman–Crippen LogP) is 2.51. The Morgan fingerprint density at radius 2 is 1.85 bits per heavy atom. The van der Waals surface area contributed by atoms with E-state index >= 15 is 0 Å². The van der Waals surface area contributed by atoms with Gasteiger partial charge in [0.1, 0.15) is 0 Å². The van der Waals surface area contributed by atoms with Crippen molar-refractivity contribution < 1.29 is 18.3 Å². The van der Waals surface area contributed by atoms with Crippen molar-refractivity contribution in [1.82, 2.24) is 4.31 Å². The molecular weight excluding hydrogens is 346 g/mol. The molecule has 0 bridgehead atoms. The number of carbonyl (C=O) groups is 1. The van der Waals surface area contributed by atoms with E-state index in [0.29, 0.717) is 0 Å². The first-order valence-corrected chi connectivity index (χ1v) is 7.82. The molecule has 5 nitrogen and oxygen atoms in total. The Kier molecular flexibility index (Phi) is 5.67. The van der Waals surface area contributed by atoms with Gasteiger partial charge in [0, 0.05) is 17.6 Å². The van der Waals surface area contributed by atoms with Crippen LogP contribution >= 0.6 is 15.9 Å². The summed E-state index contributed by atoms with van der Waals surface area (Å²) in [6.07, 6.45) is 2.95. The van der Waals surface area contributed by atoms with Gasteiger partial charge >= 0.3 is 5.97 Å². The fourth-order valence-corrected chi connectivity index (χ4v) is 3.96. The average Bonchev–Trinajstić information content (AvgIpc) is 2.37. The molecule has 0 spiro atoms. The quantitative estimate of drug-likeness (QED) is 0.759. The maximum absolute atomic E-state index is 12.5. The van der Waals surface area contributed by atoms with Gasteiger partial charge in [0.25, 0.3) is 0 Å². The third kappa shape index (κ3) is 3.56. The SMILES string of the molecule is C=CCN(CC=C)S(=O)(=O)c1ccc(C(=O)O)cc1Br. The van der Waals surface area contributed by atoms with Crippen LogP contribution in [0.3, 0.4) is 0 Å². The number of carboxylic acids is 1. The maximum atomic E-state index is 12.5. The van der Waals surface area contributed by atoms with Gasteiger partial charge in [0.2, 0.25) is 10.0 Å². The lowest BCUT2D eigenvalue weighted by atomic mass is 10.2. The highest BCUT2D eigenvalue weighted by atomic mass is 79.9. The van der Waals surface area contributed by atoms with E-state index in [-0.39, 0.29) is 28.0 Å². The summed E-state index contributed by atoms with van der Waals surface area (Å²) in [6, 6.07) is 3.78. The van der Waals surface area contributed by atoms with Crippen LogP contribution in [0.1, 0.15) is 10.4 Å². The standard InChI is InChI=1S/C13H14BrNO4S/c1-3-7-15(8-4-2)20(18,19)12-6-5-10(13(16)17)9-11(12)14/h3-6,9H,1-2,7-8H2,(H,16,17). The molecule has 0 aliphatic rings. The molecule has 108 valence electrons. The zero-order chi connectivity index (χ0) is 15.3. The summed E-state index contributed by atoms with van der Waals surface area (Å²) < 4.78 is 26.3. The zero-order valence-electron chi connectivity index (χ0n) is 10.6. The van der Waals surface area contributed by atoms with Crippen LogP contribution in [0.2, 0.25) is 0 Å². The summed E-state index contributed by atoms with van der Waals surface area (Å²) in [4.78, 5) is 10.9. The molecule has 0 saturated heterocycles. The molecule has 0 amide bonds. The highest BCUT2D eigenvalue weighted by molar-refractivity contribution is 9.10. The van der Waals surface area contributed by atoms with Crippen molar-refractivity contribution in [2.45, 2.75) is 4.90 Å². The second kappa shape index (κ2) is 6.83. The second-order valence-corrected chi connectivity index (χ2v) is 6.61. The highest BCUT2D eigenvalue weighted by Crippen LogP contribution is 2.26. The maximum Gasteiger partial charge on any atom is 0.335 e. The van der Waals surface area contributed by atoms with Gasteiger partial charge < -0.3 is 5.11 Å². The normalized spacial score (nSPS) is 11.3. The molecule has 0 unspecified atom stereocenters. The minimum absolute atomic E-state index is 0.00574. The number of hydrogen-bond donors (Lipinski definition) is 1. The third-order valence-corrected chi connectivity index (χ3v) is 5.27. The summed E-state index contributed by atoms with van der Waals surface area (Å²) >= 11 is 3.10. The summed E-state index contributed by atoms with van der Waals surface area (Å²) in [7, 11) is -3.75. The van der Waals surface area contributed by atoms with Crippen molar-refractivity contribution >= 4 is 31.9 Å². The molecular formula is C13H14BrNO4S. The van der Waals surface area contributed by atoms with Crippen LogP contribution in [0.5, 0.6) is 0 Å². The van der Waals surface area contributed by atoms with Crippen molar-refractivity contribution in [3.05, 3.63) is 53.5 Å². The molecule has 1 rings (SSSR count). The van der Waals surface area contributed by atoms with Gasteiger partial charge in [0.05, 0.1) is 10.5 Å². The van der Waals surface area contributed by atoms with Crippen molar-refractivity contribution in [3.63, 3.8) is 0 Å². The van der Waals surface area contributed by atoms with Gasteiger partial charge in [0.15, 0.2) is 0 Å². The average molecular weight is 360 g/mol. The Bertz CT molecular complexity index is 630. The van der Waals surface area contributed by atoms with Crippen LogP contribution in [0.15, 0.2) is 52.9 Å². The molecule has 0 aromatic heterocycles. The Morgan fingerprint density at radius 3 is 2.25 bits per heavy atom. The van der Waals surface area contributed by atoms with Gasteiger partial charge in [-0.05, 0) is 34.1 Å². The van der Waals surface area contributed by atoms with Gasteiger partial charge in [-0.25, -0.2) is 13.2 Å². The van der Waals surface area contributed by atoms with E-state index in [9.17, 15) is 13.2 Å². The Morgan fingerprint density at radius 1 is 1.30 bits per heavy atom. The lowest BCUT2D eigenvalue weighted by Crippen LogP contribution is -2.31.